The molecule has 1 aliphatic carbocycles. The van der Waals surface area contributed by atoms with Crippen LogP contribution < -0.4 is 10.6 Å². The first-order chi connectivity index (χ1) is 15.8. The maximum absolute atomic E-state index is 13.3. The molecule has 1 saturated carbocycles. The third kappa shape index (κ3) is 3.39. The van der Waals surface area contributed by atoms with Gasteiger partial charge in [0.2, 0.25) is 11.8 Å². The summed E-state index contributed by atoms with van der Waals surface area (Å²) >= 11 is 5.89. The molecule has 2 aromatic rings. The lowest BCUT2D eigenvalue weighted by molar-refractivity contribution is -0.136. The zero-order chi connectivity index (χ0) is 23.3. The summed E-state index contributed by atoms with van der Waals surface area (Å²) in [7, 11) is 0. The largest absolute Gasteiger partial charge is 0.342 e. The summed E-state index contributed by atoms with van der Waals surface area (Å²) in [6, 6.07) is 6.85. The molecule has 1 unspecified atom stereocenters. The Labute approximate surface area is 193 Å². The van der Waals surface area contributed by atoms with Crippen LogP contribution >= 0.6 is 11.6 Å². The number of halogens is 1. The normalized spacial score (nSPS) is 21.4. The van der Waals surface area contributed by atoms with Crippen LogP contribution in [-0.4, -0.2) is 45.5 Å². The van der Waals surface area contributed by atoms with Crippen molar-refractivity contribution < 1.29 is 24.0 Å². The van der Waals surface area contributed by atoms with E-state index in [9.17, 15) is 24.0 Å². The van der Waals surface area contributed by atoms with E-state index in [1.54, 1.807) is 12.3 Å². The number of rotatable bonds is 4. The minimum absolute atomic E-state index is 0.0226. The Kier molecular flexibility index (Phi) is 5.01. The summed E-state index contributed by atoms with van der Waals surface area (Å²) in [5.41, 5.74) is 0.272. The average molecular weight is 467 g/mol. The standard InChI is InChI=1S/C23H19ClN4O5/c24-16-7-5-12(11-25-16)23(9-2-10-23)27-19(30)13-3-1-4-14-18(13)22(33)28(21(14)32)15-6-8-17(29)26-20(15)31/h1,3-5,7,11,15H,2,6,8-10H2,(H,27,30)(H,26,29,31). The van der Waals surface area contributed by atoms with Gasteiger partial charge < -0.3 is 5.32 Å². The third-order valence-corrected chi connectivity index (χ3v) is 6.78. The van der Waals surface area contributed by atoms with E-state index in [0.717, 1.165) is 16.9 Å². The lowest BCUT2D eigenvalue weighted by atomic mass is 9.72. The number of fused-ring (bicyclic) bond motifs is 1. The quantitative estimate of drug-likeness (QED) is 0.524. The van der Waals surface area contributed by atoms with Crippen molar-refractivity contribution in [3.8, 4) is 0 Å². The van der Waals surface area contributed by atoms with Crippen molar-refractivity contribution in [2.75, 3.05) is 0 Å². The highest BCUT2D eigenvalue weighted by atomic mass is 35.5. The molecular formula is C23H19ClN4O5. The molecule has 10 heteroatoms. The van der Waals surface area contributed by atoms with Gasteiger partial charge in [0, 0.05) is 12.6 Å². The number of pyridine rings is 1. The minimum Gasteiger partial charge on any atom is -0.342 e. The molecular weight excluding hydrogens is 448 g/mol. The Balaban J connectivity index is 1.45. The SMILES string of the molecule is O=C1CCC(N2C(=O)c3cccc(C(=O)NC4(c5ccc(Cl)nc5)CCC4)c3C2=O)C(=O)N1. The molecule has 9 nitrogen and oxygen atoms in total. The van der Waals surface area contributed by atoms with Crippen molar-refractivity contribution in [2.45, 2.75) is 43.7 Å². The molecule has 2 N–H and O–H groups in total. The summed E-state index contributed by atoms with van der Waals surface area (Å²) in [5.74, 6) is -3.01. The van der Waals surface area contributed by atoms with Gasteiger partial charge in [-0.25, -0.2) is 4.98 Å². The zero-order valence-electron chi connectivity index (χ0n) is 17.4. The molecule has 3 heterocycles. The van der Waals surface area contributed by atoms with Crippen LogP contribution in [0.5, 0.6) is 0 Å². The van der Waals surface area contributed by atoms with Crippen LogP contribution in [-0.2, 0) is 15.1 Å². The number of amides is 5. The zero-order valence-corrected chi connectivity index (χ0v) is 18.1. The van der Waals surface area contributed by atoms with Gasteiger partial charge in [0.05, 0.1) is 22.2 Å². The topological polar surface area (TPSA) is 126 Å². The lowest BCUT2D eigenvalue weighted by Gasteiger charge is -2.43. The highest BCUT2D eigenvalue weighted by Crippen LogP contribution is 2.42. The van der Waals surface area contributed by atoms with Gasteiger partial charge in [-0.2, -0.15) is 0 Å². The molecule has 1 aromatic carbocycles. The monoisotopic (exact) mass is 466 g/mol. The van der Waals surface area contributed by atoms with Crippen LogP contribution in [0.15, 0.2) is 36.5 Å². The fourth-order valence-corrected chi connectivity index (χ4v) is 4.78. The average Bonchev–Trinajstić information content (AvgIpc) is 3.02. The van der Waals surface area contributed by atoms with E-state index in [0.29, 0.717) is 18.0 Å². The van der Waals surface area contributed by atoms with Crippen molar-refractivity contribution in [3.05, 3.63) is 63.9 Å². The van der Waals surface area contributed by atoms with Crippen molar-refractivity contribution in [1.82, 2.24) is 20.5 Å². The van der Waals surface area contributed by atoms with Crippen molar-refractivity contribution in [3.63, 3.8) is 0 Å². The minimum atomic E-state index is -1.09. The van der Waals surface area contributed by atoms with Crippen molar-refractivity contribution in [2.24, 2.45) is 0 Å². The molecule has 2 fully saturated rings. The van der Waals surface area contributed by atoms with Crippen LogP contribution in [0.2, 0.25) is 5.15 Å². The maximum atomic E-state index is 13.3. The fourth-order valence-electron chi connectivity index (χ4n) is 4.66. The molecule has 5 rings (SSSR count). The summed E-state index contributed by atoms with van der Waals surface area (Å²) in [6.45, 7) is 0. The molecule has 2 aliphatic heterocycles. The van der Waals surface area contributed by atoms with Crippen LogP contribution in [0.4, 0.5) is 0 Å². The van der Waals surface area contributed by atoms with Crippen LogP contribution in [0.3, 0.4) is 0 Å². The fraction of sp³-hybridized carbons (Fsp3) is 0.304. The van der Waals surface area contributed by atoms with E-state index in [4.69, 9.17) is 11.6 Å². The first-order valence-electron chi connectivity index (χ1n) is 10.6. The molecule has 5 amide bonds. The predicted octanol–water partition coefficient (Wildman–Crippen LogP) is 1.95. The smallest absolute Gasteiger partial charge is 0.263 e. The van der Waals surface area contributed by atoms with Gasteiger partial charge in [-0.15, -0.1) is 0 Å². The second-order valence-corrected chi connectivity index (χ2v) is 8.82. The number of carbonyl (C=O) groups excluding carboxylic acids is 5. The Morgan fingerprint density at radius 3 is 2.55 bits per heavy atom. The van der Waals surface area contributed by atoms with E-state index in [-0.39, 0.29) is 29.5 Å². The Morgan fingerprint density at radius 2 is 1.91 bits per heavy atom. The van der Waals surface area contributed by atoms with Crippen LogP contribution in [0.1, 0.15) is 68.7 Å². The first kappa shape index (κ1) is 21.3. The molecule has 1 aromatic heterocycles. The molecule has 0 spiro atoms. The number of aromatic nitrogens is 1. The molecule has 1 atom stereocenters. The van der Waals surface area contributed by atoms with E-state index < -0.39 is 41.1 Å². The highest BCUT2D eigenvalue weighted by molar-refractivity contribution is 6.29. The first-order valence-corrected chi connectivity index (χ1v) is 11.0. The van der Waals surface area contributed by atoms with Crippen molar-refractivity contribution >= 4 is 41.1 Å². The molecule has 33 heavy (non-hydrogen) atoms. The number of nitrogens with zero attached hydrogens (tertiary/aromatic N) is 2. The van der Waals surface area contributed by atoms with Gasteiger partial charge >= 0.3 is 0 Å². The van der Waals surface area contributed by atoms with Gasteiger partial charge in [0.25, 0.3) is 17.7 Å². The predicted molar refractivity (Wildman–Crippen MR) is 115 cm³/mol. The lowest BCUT2D eigenvalue weighted by Crippen LogP contribution is -2.54. The van der Waals surface area contributed by atoms with E-state index in [1.165, 1.54) is 18.2 Å². The highest BCUT2D eigenvalue weighted by Gasteiger charge is 2.47. The third-order valence-electron chi connectivity index (χ3n) is 6.55. The maximum Gasteiger partial charge on any atom is 0.263 e. The number of benzene rings is 1. The van der Waals surface area contributed by atoms with Gasteiger partial charge in [0.1, 0.15) is 11.2 Å². The molecule has 3 aliphatic rings. The summed E-state index contributed by atoms with van der Waals surface area (Å²) in [4.78, 5) is 68.3. The summed E-state index contributed by atoms with van der Waals surface area (Å²) in [5, 5.41) is 5.53. The number of carbonyl (C=O) groups is 5. The number of hydrogen-bond acceptors (Lipinski definition) is 6. The number of hydrogen-bond donors (Lipinski definition) is 2. The number of piperidine rings is 1. The van der Waals surface area contributed by atoms with Crippen LogP contribution in [0, 0.1) is 0 Å². The second-order valence-electron chi connectivity index (χ2n) is 8.43. The Bertz CT molecular complexity index is 1220. The number of nitrogens with one attached hydrogen (secondary N) is 2. The summed E-state index contributed by atoms with van der Waals surface area (Å²) in [6.07, 6.45) is 4.00. The van der Waals surface area contributed by atoms with Gasteiger partial charge in [-0.1, -0.05) is 23.7 Å². The Morgan fingerprint density at radius 1 is 1.12 bits per heavy atom. The van der Waals surface area contributed by atoms with E-state index in [1.807, 2.05) is 6.07 Å². The van der Waals surface area contributed by atoms with Gasteiger partial charge in [0.15, 0.2) is 0 Å². The van der Waals surface area contributed by atoms with Gasteiger partial charge in [-0.3, -0.25) is 34.2 Å². The second kappa shape index (κ2) is 7.77. The molecule has 1 saturated heterocycles. The van der Waals surface area contributed by atoms with E-state index in [2.05, 4.69) is 15.6 Å². The Hall–Kier alpha value is -3.59. The van der Waals surface area contributed by atoms with E-state index >= 15 is 0 Å². The molecule has 168 valence electrons. The molecule has 0 radical (unpaired) electrons. The van der Waals surface area contributed by atoms with Gasteiger partial charge in [-0.05, 0) is 49.4 Å². The van der Waals surface area contributed by atoms with Crippen LogP contribution in [0.25, 0.3) is 0 Å². The number of imide groups is 2. The summed E-state index contributed by atoms with van der Waals surface area (Å²) < 4.78 is 0. The van der Waals surface area contributed by atoms with Crippen molar-refractivity contribution in [1.29, 1.82) is 0 Å². The molecule has 0 bridgehead atoms.